The van der Waals surface area contributed by atoms with Crippen molar-refractivity contribution in [2.45, 2.75) is 0 Å². The Morgan fingerprint density at radius 3 is 2.50 bits per heavy atom. The molecule has 1 aromatic carbocycles. The molecule has 0 saturated heterocycles. The molecule has 5 heteroatoms. The van der Waals surface area contributed by atoms with Crippen molar-refractivity contribution >= 4 is 12.0 Å². The molecule has 2 N–H and O–H groups in total. The molecule has 0 heterocycles. The van der Waals surface area contributed by atoms with Crippen LogP contribution in [-0.4, -0.2) is 16.2 Å². The number of phenolic OH excluding ortho intramolecular Hbond substituents is 2. The van der Waals surface area contributed by atoms with Gasteiger partial charge in [-0.3, -0.25) is 0 Å². The molecule has 0 saturated carbocycles. The SMILES string of the molecule is O=C([O-])C=Cc1ccc(O)cc1O.[Ag+]. The number of aliphatic carboxylic acids is 1. The molecular formula is C9H7AgO4. The molecule has 78 valence electrons. The molecule has 0 amide bonds. The Morgan fingerprint density at radius 1 is 1.36 bits per heavy atom. The Morgan fingerprint density at radius 2 is 2.00 bits per heavy atom. The van der Waals surface area contributed by atoms with Gasteiger partial charge in [-0.15, -0.1) is 0 Å². The number of rotatable bonds is 2. The van der Waals surface area contributed by atoms with Crippen LogP contribution < -0.4 is 5.11 Å². The first-order valence-electron chi connectivity index (χ1n) is 3.50. The van der Waals surface area contributed by atoms with E-state index < -0.39 is 5.97 Å². The Labute approximate surface area is 96.0 Å². The van der Waals surface area contributed by atoms with Gasteiger partial charge in [0, 0.05) is 11.6 Å². The first kappa shape index (κ1) is 12.8. The van der Waals surface area contributed by atoms with E-state index in [9.17, 15) is 15.0 Å². The van der Waals surface area contributed by atoms with Crippen molar-refractivity contribution in [2.24, 2.45) is 0 Å². The molecule has 1 rings (SSSR count). The van der Waals surface area contributed by atoms with E-state index in [2.05, 4.69) is 0 Å². The van der Waals surface area contributed by atoms with E-state index in [1.807, 2.05) is 0 Å². The number of carboxylic acids is 1. The molecule has 4 nitrogen and oxygen atoms in total. The fraction of sp³-hybridized carbons (Fsp3) is 0. The maximum Gasteiger partial charge on any atom is 1.00 e. The van der Waals surface area contributed by atoms with Crippen LogP contribution in [0.2, 0.25) is 0 Å². The zero-order valence-corrected chi connectivity index (χ0v) is 8.38. The van der Waals surface area contributed by atoms with Crippen LogP contribution in [0, 0.1) is 0 Å². The average Bonchev–Trinajstić information content (AvgIpc) is 2.02. The summed E-state index contributed by atoms with van der Waals surface area (Å²) in [5, 5.41) is 28.1. The van der Waals surface area contributed by atoms with Gasteiger partial charge in [0.2, 0.25) is 0 Å². The summed E-state index contributed by atoms with van der Waals surface area (Å²) < 4.78 is 0. The van der Waals surface area contributed by atoms with Crippen LogP contribution in [0.25, 0.3) is 6.08 Å². The van der Waals surface area contributed by atoms with Gasteiger partial charge in [0.15, 0.2) is 0 Å². The number of aromatic hydroxyl groups is 2. The van der Waals surface area contributed by atoms with Gasteiger partial charge < -0.3 is 20.1 Å². The van der Waals surface area contributed by atoms with E-state index in [0.29, 0.717) is 5.56 Å². The number of phenols is 2. The zero-order chi connectivity index (χ0) is 9.84. The third-order valence-corrected chi connectivity index (χ3v) is 1.41. The summed E-state index contributed by atoms with van der Waals surface area (Å²) in [6, 6.07) is 3.85. The largest absolute Gasteiger partial charge is 1.00 e. The van der Waals surface area contributed by atoms with E-state index in [4.69, 9.17) is 5.11 Å². The van der Waals surface area contributed by atoms with E-state index in [1.54, 1.807) is 0 Å². The fourth-order valence-corrected chi connectivity index (χ4v) is 0.831. The first-order valence-corrected chi connectivity index (χ1v) is 3.50. The van der Waals surface area contributed by atoms with Gasteiger partial charge in [0.1, 0.15) is 11.5 Å². The zero-order valence-electron chi connectivity index (χ0n) is 6.90. The van der Waals surface area contributed by atoms with E-state index in [-0.39, 0.29) is 33.9 Å². The maximum atomic E-state index is 10.0. The predicted octanol–water partition coefficient (Wildman–Crippen LogP) is -0.142. The molecule has 0 unspecified atom stereocenters. The smallest absolute Gasteiger partial charge is 0.545 e. The molecule has 0 radical (unpaired) electrons. The maximum absolute atomic E-state index is 10.0. The Kier molecular flexibility index (Phi) is 5.01. The minimum atomic E-state index is -1.34. The number of benzene rings is 1. The third kappa shape index (κ3) is 3.66. The second kappa shape index (κ2) is 5.49. The van der Waals surface area contributed by atoms with Gasteiger partial charge in [0.25, 0.3) is 0 Å². The molecule has 0 atom stereocenters. The predicted molar refractivity (Wildman–Crippen MR) is 43.8 cm³/mol. The van der Waals surface area contributed by atoms with Crippen LogP contribution in [0.5, 0.6) is 11.5 Å². The van der Waals surface area contributed by atoms with Crippen molar-refractivity contribution in [2.75, 3.05) is 0 Å². The van der Waals surface area contributed by atoms with Crippen molar-refractivity contribution in [1.29, 1.82) is 0 Å². The summed E-state index contributed by atoms with van der Waals surface area (Å²) in [5.74, 6) is -1.60. The summed E-state index contributed by atoms with van der Waals surface area (Å²) in [6.45, 7) is 0. The van der Waals surface area contributed by atoms with Crippen molar-refractivity contribution in [3.8, 4) is 11.5 Å². The molecule has 0 fully saturated rings. The minimum absolute atomic E-state index is 0. The molecule has 0 aromatic heterocycles. The number of hydrogen-bond acceptors (Lipinski definition) is 4. The van der Waals surface area contributed by atoms with E-state index >= 15 is 0 Å². The second-order valence-corrected chi connectivity index (χ2v) is 2.40. The Hall–Kier alpha value is -1.23. The van der Waals surface area contributed by atoms with Crippen LogP contribution in [-0.2, 0) is 27.2 Å². The second-order valence-electron chi connectivity index (χ2n) is 2.40. The number of hydrogen-bond donors (Lipinski definition) is 2. The summed E-state index contributed by atoms with van der Waals surface area (Å²) in [5.41, 5.74) is 0.307. The average molecular weight is 287 g/mol. The fourth-order valence-electron chi connectivity index (χ4n) is 0.831. The van der Waals surface area contributed by atoms with Gasteiger partial charge in [-0.2, -0.15) is 0 Å². The Bertz CT molecular complexity index is 360. The van der Waals surface area contributed by atoms with Crippen LogP contribution in [0.3, 0.4) is 0 Å². The monoisotopic (exact) mass is 286 g/mol. The molecule has 0 bridgehead atoms. The molecule has 1 aromatic rings. The standard InChI is InChI=1S/C9H8O4.Ag/c10-7-3-1-6(8(11)5-7)2-4-9(12)13;/h1-5,10-11H,(H,12,13);/q;+1/p-1. The van der Waals surface area contributed by atoms with Crippen molar-refractivity contribution in [3.05, 3.63) is 29.8 Å². The molecule has 0 aliphatic rings. The number of carboxylic acid groups (broad SMARTS) is 1. The summed E-state index contributed by atoms with van der Waals surface area (Å²) in [4.78, 5) is 10.0. The third-order valence-electron chi connectivity index (χ3n) is 1.41. The first-order chi connectivity index (χ1) is 6.09. The van der Waals surface area contributed by atoms with Gasteiger partial charge in [0.05, 0.1) is 5.97 Å². The topological polar surface area (TPSA) is 80.6 Å². The number of carbonyl (C=O) groups is 1. The van der Waals surface area contributed by atoms with Crippen molar-refractivity contribution in [1.82, 2.24) is 0 Å². The van der Waals surface area contributed by atoms with Crippen LogP contribution >= 0.6 is 0 Å². The van der Waals surface area contributed by atoms with Gasteiger partial charge >= 0.3 is 22.4 Å². The summed E-state index contributed by atoms with van der Waals surface area (Å²) >= 11 is 0. The molecular weight excluding hydrogens is 280 g/mol. The normalized spacial score (nSPS) is 9.71. The molecule has 0 aliphatic carbocycles. The summed E-state index contributed by atoms with van der Waals surface area (Å²) in [7, 11) is 0. The molecule has 14 heavy (non-hydrogen) atoms. The van der Waals surface area contributed by atoms with Crippen molar-refractivity contribution in [3.63, 3.8) is 0 Å². The Balaban J connectivity index is 0.00000169. The van der Waals surface area contributed by atoms with E-state index in [0.717, 1.165) is 12.1 Å². The van der Waals surface area contributed by atoms with Crippen molar-refractivity contribution < 1.29 is 42.5 Å². The van der Waals surface area contributed by atoms with Gasteiger partial charge in [-0.25, -0.2) is 0 Å². The van der Waals surface area contributed by atoms with Crippen LogP contribution in [0.15, 0.2) is 24.3 Å². The van der Waals surface area contributed by atoms with E-state index in [1.165, 1.54) is 18.2 Å². The molecule has 0 spiro atoms. The van der Waals surface area contributed by atoms with Gasteiger partial charge in [-0.05, 0) is 24.3 Å². The van der Waals surface area contributed by atoms with Crippen LogP contribution in [0.1, 0.15) is 5.56 Å². The summed E-state index contributed by atoms with van der Waals surface area (Å²) in [6.07, 6.45) is 1.98. The van der Waals surface area contributed by atoms with Gasteiger partial charge in [-0.1, -0.05) is 0 Å². The quantitative estimate of drug-likeness (QED) is 0.586. The minimum Gasteiger partial charge on any atom is -0.545 e. The molecule has 0 aliphatic heterocycles. The number of carbonyl (C=O) groups excluding carboxylic acids is 1. The van der Waals surface area contributed by atoms with Crippen LogP contribution in [0.4, 0.5) is 0 Å².